The maximum Gasteiger partial charge on any atom is 0.0433 e. The van der Waals surface area contributed by atoms with E-state index in [9.17, 15) is 0 Å². The molecule has 0 atom stereocenters. The molecule has 0 bridgehead atoms. The summed E-state index contributed by atoms with van der Waals surface area (Å²) < 4.78 is 2.71. The van der Waals surface area contributed by atoms with Gasteiger partial charge in [0.25, 0.3) is 0 Å². The van der Waals surface area contributed by atoms with Gasteiger partial charge in [-0.15, -0.1) is 11.3 Å². The summed E-state index contributed by atoms with van der Waals surface area (Å²) in [4.78, 5) is 0. The van der Waals surface area contributed by atoms with Crippen LogP contribution in [0, 0.1) is 0 Å². The predicted molar refractivity (Wildman–Crippen MR) is 182 cm³/mol. The van der Waals surface area contributed by atoms with Crippen molar-refractivity contribution in [1.29, 1.82) is 0 Å². The van der Waals surface area contributed by atoms with E-state index in [1.165, 1.54) is 85.5 Å². The summed E-state index contributed by atoms with van der Waals surface area (Å²) in [5, 5.41) is 13.0. The molecule has 0 saturated carbocycles. The zero-order valence-electron chi connectivity index (χ0n) is 22.3. The first-order valence-electron chi connectivity index (χ1n) is 14.1. The Labute approximate surface area is 243 Å². The van der Waals surface area contributed by atoms with Crippen LogP contribution in [0.5, 0.6) is 0 Å². The van der Waals surface area contributed by atoms with Crippen LogP contribution in [0.25, 0.3) is 85.5 Å². The Morgan fingerprint density at radius 3 is 1.78 bits per heavy atom. The lowest BCUT2D eigenvalue weighted by Crippen LogP contribution is -1.84. The van der Waals surface area contributed by atoms with Crippen LogP contribution < -0.4 is 0 Å². The van der Waals surface area contributed by atoms with Gasteiger partial charge in [0.15, 0.2) is 0 Å². The highest BCUT2D eigenvalue weighted by molar-refractivity contribution is 7.26. The third-order valence-corrected chi connectivity index (χ3v) is 9.85. The molecular formula is C40H26S. The smallest absolute Gasteiger partial charge is 0.0433 e. The minimum Gasteiger partial charge on any atom is -0.135 e. The van der Waals surface area contributed by atoms with Gasteiger partial charge in [0, 0.05) is 21.6 Å². The third-order valence-electron chi connectivity index (χ3n) is 8.63. The molecule has 8 aromatic carbocycles. The van der Waals surface area contributed by atoms with Crippen LogP contribution in [0.15, 0.2) is 146 Å². The molecule has 192 valence electrons. The minimum atomic E-state index is 0. The molecule has 41 heavy (non-hydrogen) atoms. The van der Waals surface area contributed by atoms with Crippen LogP contribution >= 0.6 is 11.3 Å². The fourth-order valence-electron chi connectivity index (χ4n) is 6.56. The van der Waals surface area contributed by atoms with Gasteiger partial charge in [0.2, 0.25) is 0 Å². The Hall–Kier alpha value is -4.98. The molecule has 9 rings (SSSR count). The quantitative estimate of drug-likeness (QED) is 0.192. The van der Waals surface area contributed by atoms with Gasteiger partial charge in [-0.05, 0) is 89.6 Å². The maximum absolute atomic E-state index is 2.37. The summed E-state index contributed by atoms with van der Waals surface area (Å²) in [6, 6.07) is 53.8. The summed E-state index contributed by atoms with van der Waals surface area (Å²) in [5.41, 5.74) is 5.08. The number of fused-ring (bicyclic) bond motifs is 9. The molecule has 0 aliphatic heterocycles. The first-order valence-corrected chi connectivity index (χ1v) is 14.9. The van der Waals surface area contributed by atoms with Crippen LogP contribution in [0.4, 0.5) is 0 Å². The van der Waals surface area contributed by atoms with E-state index in [0.29, 0.717) is 0 Å². The normalized spacial score (nSPS) is 11.9. The third kappa shape index (κ3) is 3.53. The van der Waals surface area contributed by atoms with E-state index in [0.717, 1.165) is 0 Å². The highest BCUT2D eigenvalue weighted by Crippen LogP contribution is 2.41. The van der Waals surface area contributed by atoms with Crippen molar-refractivity contribution in [2.75, 3.05) is 0 Å². The summed E-state index contributed by atoms with van der Waals surface area (Å²) >= 11 is 1.89. The lowest BCUT2D eigenvalue weighted by atomic mass is 9.93. The minimum absolute atomic E-state index is 0. The molecule has 0 unspecified atom stereocenters. The van der Waals surface area contributed by atoms with Crippen molar-refractivity contribution in [3.8, 4) is 22.3 Å². The highest BCUT2D eigenvalue weighted by atomic mass is 32.1. The standard InChI is InChI=1S/C40H24S.H2/c1-2-7-32-25(6-1)18-21-35-34(32)20-19-26-12-13-30(24-38(26)35)28-14-15-29-23-31(17-16-27(29)22-28)33-9-5-10-37-36-8-3-4-11-39(36)41-40(33)37;/h1-24H;1H. The van der Waals surface area contributed by atoms with Crippen LogP contribution in [0.3, 0.4) is 0 Å². The topological polar surface area (TPSA) is 0 Å². The van der Waals surface area contributed by atoms with Gasteiger partial charge in [-0.1, -0.05) is 121 Å². The van der Waals surface area contributed by atoms with E-state index < -0.39 is 0 Å². The molecule has 0 fully saturated rings. The van der Waals surface area contributed by atoms with Crippen molar-refractivity contribution in [3.63, 3.8) is 0 Å². The summed E-state index contributed by atoms with van der Waals surface area (Å²) in [6.45, 7) is 0. The lowest BCUT2D eigenvalue weighted by molar-refractivity contribution is 1.67. The van der Waals surface area contributed by atoms with Crippen molar-refractivity contribution < 1.29 is 1.43 Å². The van der Waals surface area contributed by atoms with E-state index in [1.54, 1.807) is 0 Å². The molecule has 0 aliphatic carbocycles. The molecule has 1 aromatic heterocycles. The van der Waals surface area contributed by atoms with Crippen LogP contribution in [0.2, 0.25) is 0 Å². The molecule has 0 N–H and O–H groups in total. The second-order valence-corrected chi connectivity index (χ2v) is 12.0. The Morgan fingerprint density at radius 1 is 0.341 bits per heavy atom. The van der Waals surface area contributed by atoms with E-state index in [-0.39, 0.29) is 1.43 Å². The van der Waals surface area contributed by atoms with Crippen molar-refractivity contribution in [2.45, 2.75) is 0 Å². The van der Waals surface area contributed by atoms with Crippen molar-refractivity contribution in [1.82, 2.24) is 0 Å². The molecule has 0 aliphatic rings. The predicted octanol–water partition coefficient (Wildman–Crippen LogP) is 12.2. The molecular weight excluding hydrogens is 513 g/mol. The summed E-state index contributed by atoms with van der Waals surface area (Å²) in [7, 11) is 0. The Morgan fingerprint density at radius 2 is 0.927 bits per heavy atom. The molecule has 0 amide bonds. The summed E-state index contributed by atoms with van der Waals surface area (Å²) in [6.07, 6.45) is 0. The van der Waals surface area contributed by atoms with E-state index in [2.05, 4.69) is 146 Å². The average Bonchev–Trinajstić information content (AvgIpc) is 3.43. The van der Waals surface area contributed by atoms with E-state index >= 15 is 0 Å². The second-order valence-electron chi connectivity index (χ2n) is 10.9. The largest absolute Gasteiger partial charge is 0.135 e. The highest BCUT2D eigenvalue weighted by Gasteiger charge is 2.11. The number of hydrogen-bond acceptors (Lipinski definition) is 1. The number of benzene rings is 8. The number of thiophene rings is 1. The molecule has 1 heteroatoms. The zero-order valence-corrected chi connectivity index (χ0v) is 23.1. The molecule has 0 saturated heterocycles. The molecule has 0 spiro atoms. The fraction of sp³-hybridized carbons (Fsp3) is 0. The van der Waals surface area contributed by atoms with Crippen molar-refractivity contribution >= 4 is 74.6 Å². The summed E-state index contributed by atoms with van der Waals surface area (Å²) in [5.74, 6) is 0. The lowest BCUT2D eigenvalue weighted by Gasteiger charge is -2.11. The molecule has 0 nitrogen and oxygen atoms in total. The van der Waals surface area contributed by atoms with Gasteiger partial charge in [-0.3, -0.25) is 0 Å². The molecule has 0 radical (unpaired) electrons. The first-order chi connectivity index (χ1) is 20.3. The van der Waals surface area contributed by atoms with Gasteiger partial charge in [0.05, 0.1) is 0 Å². The van der Waals surface area contributed by atoms with Crippen molar-refractivity contribution in [3.05, 3.63) is 146 Å². The van der Waals surface area contributed by atoms with Gasteiger partial charge >= 0.3 is 0 Å². The SMILES string of the molecule is [HH].c1ccc2c(c1)ccc1c3cc(-c4ccc5cc(-c6cccc7c6sc6ccccc67)ccc5c4)ccc3ccc21. The maximum atomic E-state index is 2.37. The Balaban J connectivity index is 0.00000267. The van der Waals surface area contributed by atoms with Gasteiger partial charge in [0.1, 0.15) is 0 Å². The fourth-order valence-corrected chi connectivity index (χ4v) is 7.80. The monoisotopic (exact) mass is 538 g/mol. The Bertz CT molecular complexity index is 2480. The van der Waals surface area contributed by atoms with Crippen molar-refractivity contribution in [2.24, 2.45) is 0 Å². The van der Waals surface area contributed by atoms with Crippen LogP contribution in [-0.4, -0.2) is 0 Å². The van der Waals surface area contributed by atoms with E-state index in [4.69, 9.17) is 0 Å². The van der Waals surface area contributed by atoms with Gasteiger partial charge in [-0.25, -0.2) is 0 Å². The zero-order chi connectivity index (χ0) is 26.9. The second kappa shape index (κ2) is 8.76. The van der Waals surface area contributed by atoms with Gasteiger partial charge < -0.3 is 0 Å². The van der Waals surface area contributed by atoms with Crippen LogP contribution in [-0.2, 0) is 0 Å². The van der Waals surface area contributed by atoms with Gasteiger partial charge in [-0.2, -0.15) is 0 Å². The molecule has 1 heterocycles. The average molecular weight is 539 g/mol. The van der Waals surface area contributed by atoms with Crippen LogP contribution in [0.1, 0.15) is 1.43 Å². The molecule has 9 aromatic rings. The number of rotatable bonds is 2. The first kappa shape index (κ1) is 22.8. The Kier molecular flexibility index (Phi) is 4.87. The van der Waals surface area contributed by atoms with E-state index in [1.807, 2.05) is 11.3 Å². The number of hydrogen-bond donors (Lipinski definition) is 0.